The summed E-state index contributed by atoms with van der Waals surface area (Å²) in [5.41, 5.74) is 5.91. The molecule has 2 heterocycles. The third kappa shape index (κ3) is 3.63. The normalized spacial score (nSPS) is 11.7. The first-order valence-corrected chi connectivity index (χ1v) is 6.31. The Labute approximate surface area is 120 Å². The molecule has 8 heteroatoms. The van der Waals surface area contributed by atoms with Crippen LogP contribution in [0, 0.1) is 0 Å². The lowest BCUT2D eigenvalue weighted by Crippen LogP contribution is -2.43. The molecule has 8 nitrogen and oxygen atoms in total. The Bertz CT molecular complexity index is 609. The topological polar surface area (TPSA) is 112 Å². The van der Waals surface area contributed by atoms with Crippen LogP contribution < -0.4 is 11.1 Å². The van der Waals surface area contributed by atoms with E-state index < -0.39 is 17.9 Å². The van der Waals surface area contributed by atoms with Crippen LogP contribution >= 0.6 is 0 Å². The average molecular weight is 289 g/mol. The Kier molecular flexibility index (Phi) is 4.62. The zero-order valence-corrected chi connectivity index (χ0v) is 11.4. The highest BCUT2D eigenvalue weighted by Gasteiger charge is 2.23. The van der Waals surface area contributed by atoms with Crippen LogP contribution in [0.25, 0.3) is 5.82 Å². The van der Waals surface area contributed by atoms with E-state index in [0.717, 1.165) is 0 Å². The number of rotatable bonds is 5. The lowest BCUT2D eigenvalue weighted by Gasteiger charge is -2.11. The molecule has 0 aliphatic rings. The first-order valence-electron chi connectivity index (χ1n) is 6.31. The Morgan fingerprint density at radius 2 is 2.29 bits per heavy atom. The lowest BCUT2D eigenvalue weighted by atomic mass is 10.3. The number of nitrogens with zero attached hydrogens (tertiary/aromatic N) is 3. The number of anilines is 1. The van der Waals surface area contributed by atoms with Crippen molar-refractivity contribution in [2.75, 3.05) is 11.9 Å². The second-order valence-electron chi connectivity index (χ2n) is 4.07. The molecular weight excluding hydrogens is 274 g/mol. The maximum atomic E-state index is 11.8. The van der Waals surface area contributed by atoms with Crippen molar-refractivity contribution >= 4 is 17.6 Å². The van der Waals surface area contributed by atoms with Crippen molar-refractivity contribution in [1.82, 2.24) is 14.8 Å². The minimum atomic E-state index is -1.37. The molecule has 1 amide bonds. The number of esters is 1. The van der Waals surface area contributed by atoms with Gasteiger partial charge in [-0.3, -0.25) is 4.79 Å². The van der Waals surface area contributed by atoms with E-state index in [4.69, 9.17) is 5.73 Å². The predicted octanol–water partition coefficient (Wildman–Crippen LogP) is 0.0962. The molecule has 0 saturated heterocycles. The van der Waals surface area contributed by atoms with Crippen molar-refractivity contribution in [2.24, 2.45) is 5.73 Å². The number of amides is 1. The van der Waals surface area contributed by atoms with Crippen LogP contribution in [0.15, 0.2) is 36.8 Å². The largest absolute Gasteiger partial charge is 0.464 e. The zero-order chi connectivity index (χ0) is 15.2. The van der Waals surface area contributed by atoms with E-state index in [2.05, 4.69) is 20.1 Å². The fourth-order valence-corrected chi connectivity index (χ4v) is 1.56. The molecule has 2 aromatic rings. The Morgan fingerprint density at radius 3 is 2.86 bits per heavy atom. The van der Waals surface area contributed by atoms with Crippen LogP contribution in [0.2, 0.25) is 0 Å². The number of pyridine rings is 1. The van der Waals surface area contributed by atoms with Crippen LogP contribution in [-0.2, 0) is 14.3 Å². The summed E-state index contributed by atoms with van der Waals surface area (Å²) in [5.74, 6) is -0.814. The lowest BCUT2D eigenvalue weighted by molar-refractivity contribution is -0.146. The number of carbonyl (C=O) groups excluding carboxylic acids is 2. The van der Waals surface area contributed by atoms with Gasteiger partial charge in [0.15, 0.2) is 11.9 Å². The van der Waals surface area contributed by atoms with E-state index in [9.17, 15) is 9.59 Å². The van der Waals surface area contributed by atoms with Crippen molar-refractivity contribution < 1.29 is 14.3 Å². The third-order valence-electron chi connectivity index (χ3n) is 2.58. The summed E-state index contributed by atoms with van der Waals surface area (Å²) in [6.07, 6.45) is 4.83. The van der Waals surface area contributed by atoms with Crippen LogP contribution in [0.5, 0.6) is 0 Å². The van der Waals surface area contributed by atoms with E-state index in [1.807, 2.05) is 0 Å². The van der Waals surface area contributed by atoms with Gasteiger partial charge in [0.1, 0.15) is 0 Å². The predicted molar refractivity (Wildman–Crippen MR) is 74.6 cm³/mol. The number of nitrogens with one attached hydrogen (secondary N) is 1. The number of carbonyl (C=O) groups is 2. The highest BCUT2D eigenvalue weighted by molar-refractivity contribution is 6.08. The summed E-state index contributed by atoms with van der Waals surface area (Å²) >= 11 is 0. The first kappa shape index (κ1) is 14.7. The number of hydrogen-bond donors (Lipinski definition) is 2. The Balaban J connectivity index is 2.00. The molecule has 0 aliphatic carbocycles. The van der Waals surface area contributed by atoms with Gasteiger partial charge in [-0.2, -0.15) is 5.10 Å². The highest BCUT2D eigenvalue weighted by atomic mass is 16.5. The van der Waals surface area contributed by atoms with Gasteiger partial charge >= 0.3 is 5.97 Å². The highest BCUT2D eigenvalue weighted by Crippen LogP contribution is 2.09. The number of aromatic nitrogens is 3. The molecule has 21 heavy (non-hydrogen) atoms. The molecule has 1 atom stereocenters. The second-order valence-corrected chi connectivity index (χ2v) is 4.07. The fourth-order valence-electron chi connectivity index (χ4n) is 1.56. The zero-order valence-electron chi connectivity index (χ0n) is 11.4. The number of nitrogens with two attached hydrogens (primary N) is 1. The van der Waals surface area contributed by atoms with Crippen LogP contribution in [0.3, 0.4) is 0 Å². The molecule has 0 spiro atoms. The van der Waals surface area contributed by atoms with Crippen LogP contribution in [-0.4, -0.2) is 39.3 Å². The molecule has 0 radical (unpaired) electrons. The maximum absolute atomic E-state index is 11.8. The van der Waals surface area contributed by atoms with Crippen molar-refractivity contribution in [2.45, 2.75) is 13.0 Å². The van der Waals surface area contributed by atoms with Gasteiger partial charge in [0.05, 0.1) is 18.5 Å². The summed E-state index contributed by atoms with van der Waals surface area (Å²) in [5, 5.41) is 6.53. The van der Waals surface area contributed by atoms with E-state index in [0.29, 0.717) is 11.5 Å². The van der Waals surface area contributed by atoms with E-state index >= 15 is 0 Å². The SMILES string of the molecule is CCOC(=O)C(N)C(=O)Nc1ccc(-n2cccn2)nc1. The van der Waals surface area contributed by atoms with Gasteiger partial charge in [0.2, 0.25) is 0 Å². The van der Waals surface area contributed by atoms with Crippen molar-refractivity contribution in [1.29, 1.82) is 0 Å². The Hall–Kier alpha value is -2.74. The van der Waals surface area contributed by atoms with Gasteiger partial charge in [0, 0.05) is 12.4 Å². The quantitative estimate of drug-likeness (QED) is 0.596. The molecule has 110 valence electrons. The van der Waals surface area contributed by atoms with Crippen molar-refractivity contribution in [3.63, 3.8) is 0 Å². The molecule has 1 unspecified atom stereocenters. The van der Waals surface area contributed by atoms with Crippen LogP contribution in [0.4, 0.5) is 5.69 Å². The molecule has 0 aliphatic heterocycles. The monoisotopic (exact) mass is 289 g/mol. The van der Waals surface area contributed by atoms with Gasteiger partial charge in [-0.05, 0) is 25.1 Å². The van der Waals surface area contributed by atoms with Gasteiger partial charge in [-0.1, -0.05) is 0 Å². The summed E-state index contributed by atoms with van der Waals surface area (Å²) in [6, 6.07) is 3.73. The molecule has 2 aromatic heterocycles. The minimum absolute atomic E-state index is 0.167. The van der Waals surface area contributed by atoms with Gasteiger partial charge in [0.25, 0.3) is 5.91 Å². The first-order chi connectivity index (χ1) is 10.1. The second kappa shape index (κ2) is 6.62. The van der Waals surface area contributed by atoms with E-state index in [1.165, 1.54) is 6.20 Å². The number of ether oxygens (including phenoxy) is 1. The van der Waals surface area contributed by atoms with Crippen molar-refractivity contribution in [3.05, 3.63) is 36.8 Å². The smallest absolute Gasteiger partial charge is 0.332 e. The fraction of sp³-hybridized carbons (Fsp3) is 0.231. The number of hydrogen-bond acceptors (Lipinski definition) is 6. The molecular formula is C13H15N5O3. The van der Waals surface area contributed by atoms with E-state index in [1.54, 1.807) is 42.2 Å². The summed E-state index contributed by atoms with van der Waals surface area (Å²) in [4.78, 5) is 27.3. The summed E-state index contributed by atoms with van der Waals surface area (Å²) in [6.45, 7) is 1.81. The Morgan fingerprint density at radius 1 is 1.48 bits per heavy atom. The molecule has 0 aromatic carbocycles. The van der Waals surface area contributed by atoms with Gasteiger partial charge in [-0.25, -0.2) is 14.5 Å². The summed E-state index contributed by atoms with van der Waals surface area (Å²) in [7, 11) is 0. The average Bonchev–Trinajstić information content (AvgIpc) is 3.01. The maximum Gasteiger partial charge on any atom is 0.332 e. The molecule has 0 saturated carbocycles. The van der Waals surface area contributed by atoms with Gasteiger partial charge < -0.3 is 15.8 Å². The van der Waals surface area contributed by atoms with Crippen molar-refractivity contribution in [3.8, 4) is 5.82 Å². The molecule has 2 rings (SSSR count). The molecule has 3 N–H and O–H groups in total. The van der Waals surface area contributed by atoms with E-state index in [-0.39, 0.29) is 6.61 Å². The minimum Gasteiger partial charge on any atom is -0.464 e. The standard InChI is InChI=1S/C13H15N5O3/c1-2-21-13(20)11(14)12(19)17-9-4-5-10(15-8-9)18-7-3-6-16-18/h3-8,11H,2,14H2,1H3,(H,17,19). The molecule has 0 bridgehead atoms. The summed E-state index contributed by atoms with van der Waals surface area (Å²) < 4.78 is 6.26. The molecule has 0 fully saturated rings. The van der Waals surface area contributed by atoms with Gasteiger partial charge in [-0.15, -0.1) is 0 Å². The van der Waals surface area contributed by atoms with Crippen LogP contribution in [0.1, 0.15) is 6.92 Å². The third-order valence-corrected chi connectivity index (χ3v) is 2.58.